The summed E-state index contributed by atoms with van der Waals surface area (Å²) in [5.41, 5.74) is 6.71. The van der Waals surface area contributed by atoms with Gasteiger partial charge in [0.15, 0.2) is 0 Å². The fourth-order valence-electron chi connectivity index (χ4n) is 1.37. The van der Waals surface area contributed by atoms with Gasteiger partial charge >= 0.3 is 5.97 Å². The Morgan fingerprint density at radius 2 is 2.18 bits per heavy atom. The van der Waals surface area contributed by atoms with Gasteiger partial charge in [0.2, 0.25) is 0 Å². The van der Waals surface area contributed by atoms with Crippen molar-refractivity contribution in [2.24, 2.45) is 0 Å². The molecule has 0 radical (unpaired) electrons. The zero-order chi connectivity index (χ0) is 10.8. The number of nitrogen functional groups attached to an aromatic ring is 1. The van der Waals surface area contributed by atoms with Crippen molar-refractivity contribution >= 4 is 47.5 Å². The van der Waals surface area contributed by atoms with Gasteiger partial charge in [-0.2, -0.15) is 0 Å². The Balaban J connectivity index is 0.00000128. The molecule has 0 fully saturated rings. The lowest BCUT2D eigenvalue weighted by Gasteiger charge is -1.96. The summed E-state index contributed by atoms with van der Waals surface area (Å²) in [4.78, 5) is 18.2. The van der Waals surface area contributed by atoms with Crippen LogP contribution in [0.5, 0.6) is 0 Å². The molecule has 2 aromatic heterocycles. The highest BCUT2D eigenvalue weighted by atomic mass is 35.5. The number of pyridine rings is 1. The first kappa shape index (κ1) is 15.5. The number of hydrogen-bond donors (Lipinski definition) is 2. The van der Waals surface area contributed by atoms with Crippen LogP contribution in [0.25, 0.3) is 10.9 Å². The third-order valence-corrected chi connectivity index (χ3v) is 2.02. The number of ether oxygens (including phenoxy) is 1. The van der Waals surface area contributed by atoms with Crippen molar-refractivity contribution in [3.8, 4) is 0 Å². The molecule has 2 heterocycles. The van der Waals surface area contributed by atoms with E-state index in [0.717, 1.165) is 10.9 Å². The Bertz CT molecular complexity index is 513. The molecule has 2 rings (SSSR count). The SMILES string of the molecule is CCOC(=O)c1cc2cc(N)ncc2[nH]1.Cl.Cl. The van der Waals surface area contributed by atoms with E-state index in [0.29, 0.717) is 18.1 Å². The Labute approximate surface area is 111 Å². The molecule has 0 saturated carbocycles. The van der Waals surface area contributed by atoms with E-state index in [-0.39, 0.29) is 30.8 Å². The summed E-state index contributed by atoms with van der Waals surface area (Å²) in [5, 5.41) is 0.852. The quantitative estimate of drug-likeness (QED) is 0.825. The molecule has 0 aliphatic heterocycles. The summed E-state index contributed by atoms with van der Waals surface area (Å²) >= 11 is 0. The molecule has 0 aliphatic carbocycles. The zero-order valence-corrected chi connectivity index (χ0v) is 10.7. The Hall–Kier alpha value is -1.46. The summed E-state index contributed by atoms with van der Waals surface area (Å²) in [6, 6.07) is 3.40. The number of anilines is 1. The maximum atomic E-state index is 11.4. The van der Waals surface area contributed by atoms with Gasteiger partial charge in [-0.3, -0.25) is 0 Å². The molecule has 0 spiro atoms. The van der Waals surface area contributed by atoms with Crippen molar-refractivity contribution in [2.45, 2.75) is 6.92 Å². The Morgan fingerprint density at radius 1 is 1.47 bits per heavy atom. The fraction of sp³-hybridized carbons (Fsp3) is 0.200. The van der Waals surface area contributed by atoms with Crippen LogP contribution >= 0.6 is 24.8 Å². The Morgan fingerprint density at radius 3 is 2.82 bits per heavy atom. The van der Waals surface area contributed by atoms with Crippen molar-refractivity contribution in [2.75, 3.05) is 12.3 Å². The first-order valence-electron chi connectivity index (χ1n) is 4.62. The number of nitrogens with one attached hydrogen (secondary N) is 1. The third-order valence-electron chi connectivity index (χ3n) is 2.02. The van der Waals surface area contributed by atoms with E-state index in [4.69, 9.17) is 10.5 Å². The van der Waals surface area contributed by atoms with Crippen molar-refractivity contribution in [3.05, 3.63) is 24.0 Å². The highest BCUT2D eigenvalue weighted by Crippen LogP contribution is 2.16. The molecule has 2 aromatic rings. The Kier molecular flexibility index (Phi) is 5.78. The maximum Gasteiger partial charge on any atom is 0.354 e. The molecule has 0 bridgehead atoms. The van der Waals surface area contributed by atoms with E-state index in [2.05, 4.69) is 9.97 Å². The molecule has 0 saturated heterocycles. The van der Waals surface area contributed by atoms with Crippen LogP contribution in [0.15, 0.2) is 18.3 Å². The fourth-order valence-corrected chi connectivity index (χ4v) is 1.37. The standard InChI is InChI=1S/C10H11N3O2.2ClH/c1-2-15-10(14)7-3-6-4-9(11)12-5-8(6)13-7;;/h3-5,13H,2H2,1H3,(H2,11,12);2*1H. The third kappa shape index (κ3) is 3.25. The van der Waals surface area contributed by atoms with Crippen LogP contribution in [0.3, 0.4) is 0 Å². The van der Waals surface area contributed by atoms with Gasteiger partial charge in [-0.25, -0.2) is 9.78 Å². The largest absolute Gasteiger partial charge is 0.461 e. The average molecular weight is 278 g/mol. The predicted octanol–water partition coefficient (Wildman–Crippen LogP) is 2.17. The minimum Gasteiger partial charge on any atom is -0.461 e. The van der Waals surface area contributed by atoms with E-state index < -0.39 is 0 Å². The molecule has 7 heteroatoms. The molecule has 0 amide bonds. The number of nitrogens with two attached hydrogens (primary N) is 1. The zero-order valence-electron chi connectivity index (χ0n) is 9.10. The van der Waals surface area contributed by atoms with Crippen LogP contribution in [-0.2, 0) is 4.74 Å². The summed E-state index contributed by atoms with van der Waals surface area (Å²) in [5.74, 6) is 0.0594. The molecule has 0 atom stereocenters. The molecule has 17 heavy (non-hydrogen) atoms. The second-order valence-corrected chi connectivity index (χ2v) is 3.10. The molecule has 0 unspecified atom stereocenters. The number of H-pyrrole nitrogens is 1. The smallest absolute Gasteiger partial charge is 0.354 e. The van der Waals surface area contributed by atoms with Crippen molar-refractivity contribution in [3.63, 3.8) is 0 Å². The summed E-state index contributed by atoms with van der Waals surface area (Å²) in [6.07, 6.45) is 1.59. The van der Waals surface area contributed by atoms with Gasteiger partial charge in [-0.05, 0) is 19.1 Å². The lowest BCUT2D eigenvalue weighted by Crippen LogP contribution is -2.04. The molecular formula is C10H13Cl2N3O2. The van der Waals surface area contributed by atoms with Gasteiger partial charge in [0.1, 0.15) is 11.5 Å². The van der Waals surface area contributed by atoms with Crippen LogP contribution in [0, 0.1) is 0 Å². The van der Waals surface area contributed by atoms with Crippen LogP contribution in [0.2, 0.25) is 0 Å². The molecular weight excluding hydrogens is 265 g/mol. The first-order chi connectivity index (χ1) is 7.20. The van der Waals surface area contributed by atoms with Crippen molar-refractivity contribution in [1.29, 1.82) is 0 Å². The van der Waals surface area contributed by atoms with Crippen LogP contribution < -0.4 is 5.73 Å². The van der Waals surface area contributed by atoms with Gasteiger partial charge < -0.3 is 15.5 Å². The number of halogens is 2. The molecule has 5 nitrogen and oxygen atoms in total. The van der Waals surface area contributed by atoms with Crippen molar-refractivity contribution in [1.82, 2.24) is 9.97 Å². The normalized spacial score (nSPS) is 9.24. The summed E-state index contributed by atoms with van der Waals surface area (Å²) < 4.78 is 4.87. The predicted molar refractivity (Wildman–Crippen MR) is 71.0 cm³/mol. The number of hydrogen-bond acceptors (Lipinski definition) is 4. The van der Waals surface area contributed by atoms with Gasteiger partial charge in [-0.15, -0.1) is 24.8 Å². The number of aromatic amines is 1. The molecule has 0 aromatic carbocycles. The maximum absolute atomic E-state index is 11.4. The lowest BCUT2D eigenvalue weighted by molar-refractivity contribution is 0.0520. The van der Waals surface area contributed by atoms with E-state index in [1.165, 1.54) is 0 Å². The van der Waals surface area contributed by atoms with Gasteiger partial charge in [0.05, 0.1) is 18.3 Å². The van der Waals surface area contributed by atoms with Gasteiger partial charge in [0.25, 0.3) is 0 Å². The first-order valence-corrected chi connectivity index (χ1v) is 4.62. The number of carbonyl (C=O) groups excluding carboxylic acids is 1. The second-order valence-electron chi connectivity index (χ2n) is 3.10. The minimum atomic E-state index is -0.368. The van der Waals surface area contributed by atoms with Crippen molar-refractivity contribution < 1.29 is 9.53 Å². The number of nitrogens with zero attached hydrogens (tertiary/aromatic N) is 1. The molecule has 3 N–H and O–H groups in total. The average Bonchev–Trinajstić information content (AvgIpc) is 2.60. The van der Waals surface area contributed by atoms with Crippen LogP contribution in [-0.4, -0.2) is 22.5 Å². The topological polar surface area (TPSA) is 81.0 Å². The molecule has 0 aliphatic rings. The van der Waals surface area contributed by atoms with E-state index in [9.17, 15) is 4.79 Å². The highest BCUT2D eigenvalue weighted by Gasteiger charge is 2.10. The summed E-state index contributed by atoms with van der Waals surface area (Å²) in [7, 11) is 0. The molecule has 94 valence electrons. The van der Waals surface area contributed by atoms with Gasteiger partial charge in [0, 0.05) is 5.39 Å². The van der Waals surface area contributed by atoms with Crippen LogP contribution in [0.1, 0.15) is 17.4 Å². The summed E-state index contributed by atoms with van der Waals surface area (Å²) in [6.45, 7) is 2.12. The van der Waals surface area contributed by atoms with Crippen LogP contribution in [0.4, 0.5) is 5.82 Å². The number of carbonyl (C=O) groups is 1. The number of fused-ring (bicyclic) bond motifs is 1. The van der Waals surface area contributed by atoms with E-state index >= 15 is 0 Å². The van der Waals surface area contributed by atoms with E-state index in [1.807, 2.05) is 0 Å². The van der Waals surface area contributed by atoms with Gasteiger partial charge in [-0.1, -0.05) is 0 Å². The number of rotatable bonds is 2. The second kappa shape index (κ2) is 6.32. The lowest BCUT2D eigenvalue weighted by atomic mass is 10.3. The number of esters is 1. The minimum absolute atomic E-state index is 0. The highest BCUT2D eigenvalue weighted by molar-refractivity contribution is 5.95. The monoisotopic (exact) mass is 277 g/mol. The van der Waals surface area contributed by atoms with E-state index in [1.54, 1.807) is 25.3 Å². The number of aromatic nitrogens is 2.